The van der Waals surface area contributed by atoms with E-state index < -0.39 is 48.6 Å². The summed E-state index contributed by atoms with van der Waals surface area (Å²) < 4.78 is 11.6. The molecule has 0 saturated carbocycles. The maximum atomic E-state index is 11.2. The van der Waals surface area contributed by atoms with Gasteiger partial charge < -0.3 is 34.7 Å². The van der Waals surface area contributed by atoms with Gasteiger partial charge in [-0.1, -0.05) is 12.1 Å². The first kappa shape index (κ1) is 22.0. The van der Waals surface area contributed by atoms with Crippen molar-refractivity contribution in [3.63, 3.8) is 0 Å². The van der Waals surface area contributed by atoms with Crippen molar-refractivity contribution in [2.75, 3.05) is 13.7 Å². The molecular formula is C14H20N3NaO7. The second kappa shape index (κ2) is 9.62. The van der Waals surface area contributed by atoms with Crippen LogP contribution in [0, 0.1) is 5.92 Å². The molecule has 1 aliphatic heterocycles. The summed E-state index contributed by atoms with van der Waals surface area (Å²) in [6, 6.07) is -0.602. The minimum atomic E-state index is -1.56. The van der Waals surface area contributed by atoms with Gasteiger partial charge in [0.15, 0.2) is 0 Å². The third kappa shape index (κ3) is 5.00. The summed E-state index contributed by atoms with van der Waals surface area (Å²) in [5, 5.41) is 47.8. The van der Waals surface area contributed by atoms with E-state index in [1.807, 2.05) is 0 Å². The number of aliphatic carboxylic acids is 1. The Balaban J connectivity index is 0.00000312. The van der Waals surface area contributed by atoms with Gasteiger partial charge in [-0.05, 0) is 6.08 Å². The number of allylic oxidation sites excluding steroid dienone is 1. The molecule has 11 heteroatoms. The second-order valence-electron chi connectivity index (χ2n) is 5.61. The van der Waals surface area contributed by atoms with Gasteiger partial charge in [-0.15, -0.1) is 5.10 Å². The third-order valence-corrected chi connectivity index (χ3v) is 3.92. The van der Waals surface area contributed by atoms with Crippen molar-refractivity contribution in [1.29, 1.82) is 0 Å². The van der Waals surface area contributed by atoms with Crippen LogP contribution in [-0.2, 0) is 20.9 Å². The van der Waals surface area contributed by atoms with Crippen LogP contribution in [0.15, 0.2) is 18.0 Å². The van der Waals surface area contributed by atoms with E-state index in [4.69, 9.17) is 14.6 Å². The van der Waals surface area contributed by atoms with Crippen molar-refractivity contribution in [3.8, 4) is 0 Å². The summed E-state index contributed by atoms with van der Waals surface area (Å²) in [6.07, 6.45) is -1.15. The van der Waals surface area contributed by atoms with Crippen molar-refractivity contribution in [2.24, 2.45) is 5.92 Å². The first-order chi connectivity index (χ1) is 11.4. The number of hydrogen-bond donors (Lipinski definition) is 3. The molecule has 0 saturated heterocycles. The van der Waals surface area contributed by atoms with Crippen LogP contribution >= 0.6 is 0 Å². The maximum absolute atomic E-state index is 11.2. The Bertz CT molecular complexity index is 609. The average Bonchev–Trinajstić information content (AvgIpc) is 3.02. The van der Waals surface area contributed by atoms with Gasteiger partial charge in [0, 0.05) is 13.0 Å². The van der Waals surface area contributed by atoms with Crippen LogP contribution in [0.1, 0.15) is 18.7 Å². The van der Waals surface area contributed by atoms with Gasteiger partial charge in [-0.25, -0.2) is 4.68 Å². The molecule has 2 rings (SSSR count). The van der Waals surface area contributed by atoms with E-state index in [2.05, 4.69) is 10.3 Å². The monoisotopic (exact) mass is 365 g/mol. The number of nitrogens with zero attached hydrogens (tertiary/aromatic N) is 3. The van der Waals surface area contributed by atoms with Gasteiger partial charge in [0.1, 0.15) is 35.7 Å². The Hall–Kier alpha value is -1.01. The predicted octanol–water partition coefficient (Wildman–Crippen LogP) is -5.65. The molecule has 0 aromatic carbocycles. The van der Waals surface area contributed by atoms with Crippen LogP contribution in [0.4, 0.5) is 0 Å². The third-order valence-electron chi connectivity index (χ3n) is 3.92. The fraction of sp³-hybridized carbons (Fsp3) is 0.643. The van der Waals surface area contributed by atoms with Crippen molar-refractivity contribution < 1.29 is 64.3 Å². The van der Waals surface area contributed by atoms with E-state index in [0.717, 1.165) is 0 Å². The van der Waals surface area contributed by atoms with E-state index in [1.54, 1.807) is 13.1 Å². The molecule has 0 unspecified atom stereocenters. The normalized spacial score (nSPS) is 25.3. The molecule has 25 heavy (non-hydrogen) atoms. The Kier molecular flexibility index (Phi) is 8.48. The zero-order valence-corrected chi connectivity index (χ0v) is 16.3. The number of rotatable bonds is 7. The largest absolute Gasteiger partial charge is 1.00 e. The van der Waals surface area contributed by atoms with Crippen LogP contribution in [0.3, 0.4) is 0 Å². The van der Waals surface area contributed by atoms with Crippen molar-refractivity contribution in [2.45, 2.75) is 37.9 Å². The molecule has 0 fully saturated rings. The summed E-state index contributed by atoms with van der Waals surface area (Å²) >= 11 is 0. The molecule has 2 heterocycles. The van der Waals surface area contributed by atoms with Crippen LogP contribution < -0.4 is 34.7 Å². The van der Waals surface area contributed by atoms with Gasteiger partial charge in [0.05, 0.1) is 25.5 Å². The zero-order valence-electron chi connectivity index (χ0n) is 14.3. The van der Waals surface area contributed by atoms with Gasteiger partial charge in [0.25, 0.3) is 0 Å². The summed E-state index contributed by atoms with van der Waals surface area (Å²) in [5.41, 5.74) is 0.548. The molecule has 3 N–H and O–H groups in total. The smallest absolute Gasteiger partial charge is 0.542 e. The van der Waals surface area contributed by atoms with E-state index in [1.165, 1.54) is 17.9 Å². The fourth-order valence-corrected chi connectivity index (χ4v) is 2.61. The molecule has 0 radical (unpaired) electrons. The van der Waals surface area contributed by atoms with Crippen LogP contribution in [0.25, 0.3) is 0 Å². The average molecular weight is 365 g/mol. The SMILES string of the molecule is COCc1cn([C@H]2C=C(C(=O)[O-])O[C@@H]([C@H](O)[C@H](O)CO)[C@@H]2C)nn1.[Na+]. The molecular weight excluding hydrogens is 345 g/mol. The minimum Gasteiger partial charge on any atom is -0.542 e. The quantitative estimate of drug-likeness (QED) is 0.402. The maximum Gasteiger partial charge on any atom is 1.00 e. The van der Waals surface area contributed by atoms with Gasteiger partial charge >= 0.3 is 29.6 Å². The van der Waals surface area contributed by atoms with Gasteiger partial charge in [-0.3, -0.25) is 0 Å². The Labute approximate surface area is 166 Å². The van der Waals surface area contributed by atoms with E-state index in [-0.39, 0.29) is 36.2 Å². The molecule has 5 atom stereocenters. The van der Waals surface area contributed by atoms with Crippen molar-refractivity contribution in [3.05, 3.63) is 23.7 Å². The molecule has 1 aromatic heterocycles. The Morgan fingerprint density at radius 1 is 1.52 bits per heavy atom. The first-order valence-electron chi connectivity index (χ1n) is 7.35. The minimum absolute atomic E-state index is 0. The molecule has 0 bridgehead atoms. The Morgan fingerprint density at radius 3 is 2.76 bits per heavy atom. The summed E-state index contributed by atoms with van der Waals surface area (Å²) in [4.78, 5) is 11.2. The number of methoxy groups -OCH3 is 1. The number of aliphatic hydroxyl groups excluding tert-OH is 3. The predicted molar refractivity (Wildman–Crippen MR) is 76.0 cm³/mol. The molecule has 0 amide bonds. The summed E-state index contributed by atoms with van der Waals surface area (Å²) in [7, 11) is 1.51. The molecule has 0 spiro atoms. The summed E-state index contributed by atoms with van der Waals surface area (Å²) in [6.45, 7) is 1.25. The number of carboxylic acid groups (broad SMARTS) is 1. The number of aromatic nitrogens is 3. The second-order valence-corrected chi connectivity index (χ2v) is 5.61. The van der Waals surface area contributed by atoms with E-state index >= 15 is 0 Å². The molecule has 1 aromatic rings. The number of hydrogen-bond acceptors (Lipinski definition) is 9. The molecule has 0 aliphatic carbocycles. The van der Waals surface area contributed by atoms with Gasteiger partial charge in [0.2, 0.25) is 0 Å². The van der Waals surface area contributed by atoms with Crippen LogP contribution in [0.2, 0.25) is 0 Å². The standard InChI is InChI=1S/C14H21N3O7.Na/c1-7-9(17-4-8(6-23-2)15-16-17)3-11(14(21)22)24-13(7)12(20)10(19)5-18;/h3-4,7,9-10,12-13,18-20H,5-6H2,1-2H3,(H,21,22);/q;+1/p-1/t7-,9+,10-,12-,13-;/m1./s1. The fourth-order valence-electron chi connectivity index (χ4n) is 2.61. The first-order valence-corrected chi connectivity index (χ1v) is 7.35. The van der Waals surface area contributed by atoms with Crippen molar-refractivity contribution in [1.82, 2.24) is 15.0 Å². The number of aliphatic hydroxyl groups is 3. The summed E-state index contributed by atoms with van der Waals surface area (Å²) in [5.74, 6) is -2.50. The number of ether oxygens (including phenoxy) is 2. The number of carbonyl (C=O) groups excluding carboxylic acids is 1. The molecule has 134 valence electrons. The number of carboxylic acids is 1. The van der Waals surface area contributed by atoms with E-state index in [9.17, 15) is 20.1 Å². The van der Waals surface area contributed by atoms with E-state index in [0.29, 0.717) is 5.69 Å². The van der Waals surface area contributed by atoms with Crippen molar-refractivity contribution >= 4 is 5.97 Å². The topological polar surface area (TPSA) is 150 Å². The molecule has 1 aliphatic rings. The van der Waals surface area contributed by atoms with Gasteiger partial charge in [-0.2, -0.15) is 0 Å². The molecule has 10 nitrogen and oxygen atoms in total. The number of carbonyl (C=O) groups is 1. The van der Waals surface area contributed by atoms with Crippen LogP contribution in [0.5, 0.6) is 0 Å². The van der Waals surface area contributed by atoms with Crippen LogP contribution in [-0.4, -0.2) is 68.3 Å². The Morgan fingerprint density at radius 2 is 2.20 bits per heavy atom. The zero-order chi connectivity index (χ0) is 17.9.